The van der Waals surface area contributed by atoms with Crippen LogP contribution in [0.3, 0.4) is 0 Å². The van der Waals surface area contributed by atoms with Crippen LogP contribution in [0.25, 0.3) is 0 Å². The summed E-state index contributed by atoms with van der Waals surface area (Å²) in [5.41, 5.74) is 5.20. The van der Waals surface area contributed by atoms with Gasteiger partial charge in [0.15, 0.2) is 5.05 Å². The molecule has 1 amide bonds. The van der Waals surface area contributed by atoms with Crippen LogP contribution >= 0.6 is 12.2 Å². The maximum absolute atomic E-state index is 10.9. The molecular formula is C11H22N2O2S. The summed E-state index contributed by atoms with van der Waals surface area (Å²) < 4.78 is 5.34. The summed E-state index contributed by atoms with van der Waals surface area (Å²) >= 11 is 5.05. The molecule has 0 radical (unpaired) electrons. The van der Waals surface area contributed by atoms with Gasteiger partial charge in [0.1, 0.15) is 0 Å². The van der Waals surface area contributed by atoms with Crippen LogP contribution in [-0.4, -0.2) is 29.6 Å². The van der Waals surface area contributed by atoms with Gasteiger partial charge in [0.05, 0.1) is 12.1 Å². The van der Waals surface area contributed by atoms with E-state index in [2.05, 4.69) is 5.32 Å². The topological polar surface area (TPSA) is 64.3 Å². The molecule has 3 N–H and O–H groups in total. The van der Waals surface area contributed by atoms with Crippen molar-refractivity contribution in [3.8, 4) is 0 Å². The molecule has 0 saturated carbocycles. The van der Waals surface area contributed by atoms with E-state index in [1.54, 1.807) is 0 Å². The molecule has 0 aliphatic rings. The Hall–Kier alpha value is -0.680. The number of carbonyl (C=O) groups is 1. The first-order valence-corrected chi connectivity index (χ1v) is 6.10. The quantitative estimate of drug-likeness (QED) is 0.501. The minimum atomic E-state index is -0.302. The van der Waals surface area contributed by atoms with Crippen LogP contribution in [0.2, 0.25) is 0 Å². The van der Waals surface area contributed by atoms with Crippen LogP contribution in [0.1, 0.15) is 40.0 Å². The van der Waals surface area contributed by atoms with E-state index in [9.17, 15) is 4.79 Å². The number of thiocarbonyl (C=S) groups is 1. The standard InChI is InChI=1S/C11H22N2O2S/c1-4-9(11(12)14)13-7-5-6-10(16)15-8(2)3/h8-9,13H,4-7H2,1-3H3,(H2,12,14)/t9-/m0/s1. The van der Waals surface area contributed by atoms with Gasteiger partial charge in [-0.1, -0.05) is 6.92 Å². The summed E-state index contributed by atoms with van der Waals surface area (Å²) in [6.45, 7) is 6.55. The molecule has 0 saturated heterocycles. The predicted octanol–water partition coefficient (Wildman–Crippen LogP) is 1.37. The van der Waals surface area contributed by atoms with Gasteiger partial charge < -0.3 is 15.8 Å². The molecule has 0 heterocycles. The van der Waals surface area contributed by atoms with Crippen molar-refractivity contribution in [2.45, 2.75) is 52.2 Å². The zero-order valence-corrected chi connectivity index (χ0v) is 11.1. The van der Waals surface area contributed by atoms with Crippen LogP contribution in [0.5, 0.6) is 0 Å². The second-order valence-corrected chi connectivity index (χ2v) is 4.41. The highest BCUT2D eigenvalue weighted by Gasteiger charge is 2.11. The lowest BCUT2D eigenvalue weighted by molar-refractivity contribution is -0.120. The second kappa shape index (κ2) is 8.47. The first-order valence-electron chi connectivity index (χ1n) is 5.69. The molecule has 0 bridgehead atoms. The monoisotopic (exact) mass is 246 g/mol. The number of rotatable bonds is 8. The zero-order valence-electron chi connectivity index (χ0n) is 10.3. The van der Waals surface area contributed by atoms with Crippen molar-refractivity contribution in [2.24, 2.45) is 5.73 Å². The van der Waals surface area contributed by atoms with E-state index in [4.69, 9.17) is 22.7 Å². The van der Waals surface area contributed by atoms with E-state index < -0.39 is 0 Å². The summed E-state index contributed by atoms with van der Waals surface area (Å²) in [7, 11) is 0. The third-order valence-corrected chi connectivity index (χ3v) is 2.37. The van der Waals surface area contributed by atoms with E-state index in [1.807, 2.05) is 20.8 Å². The summed E-state index contributed by atoms with van der Waals surface area (Å²) in [5.74, 6) is -0.302. The van der Waals surface area contributed by atoms with Gasteiger partial charge in [-0.25, -0.2) is 0 Å². The van der Waals surface area contributed by atoms with Crippen LogP contribution in [0.4, 0.5) is 0 Å². The first-order chi connectivity index (χ1) is 7.47. The summed E-state index contributed by atoms with van der Waals surface area (Å²) in [6, 6.07) is -0.236. The van der Waals surface area contributed by atoms with Crippen molar-refractivity contribution >= 4 is 23.2 Å². The molecule has 0 aliphatic heterocycles. The summed E-state index contributed by atoms with van der Waals surface area (Å²) in [5, 5.41) is 3.72. The van der Waals surface area contributed by atoms with E-state index in [-0.39, 0.29) is 18.1 Å². The maximum atomic E-state index is 10.9. The first kappa shape index (κ1) is 15.3. The Labute approximate surface area is 103 Å². The van der Waals surface area contributed by atoms with E-state index in [0.29, 0.717) is 11.5 Å². The lowest BCUT2D eigenvalue weighted by Gasteiger charge is -2.14. The number of nitrogens with two attached hydrogens (primary N) is 1. The number of ether oxygens (including phenoxy) is 1. The molecule has 5 heteroatoms. The molecule has 0 fully saturated rings. The Balaban J connectivity index is 3.59. The summed E-state index contributed by atoms with van der Waals surface area (Å²) in [4.78, 5) is 10.9. The lowest BCUT2D eigenvalue weighted by atomic mass is 10.2. The Bertz CT molecular complexity index is 232. The number of hydrogen-bond donors (Lipinski definition) is 2. The zero-order chi connectivity index (χ0) is 12.6. The fourth-order valence-corrected chi connectivity index (χ4v) is 1.61. The number of primary amides is 1. The van der Waals surface area contributed by atoms with Crippen LogP contribution in [0, 0.1) is 0 Å². The van der Waals surface area contributed by atoms with Gasteiger partial charge in [-0.05, 0) is 45.5 Å². The highest BCUT2D eigenvalue weighted by atomic mass is 32.1. The number of carbonyl (C=O) groups excluding carboxylic acids is 1. The van der Waals surface area contributed by atoms with Crippen molar-refractivity contribution in [2.75, 3.05) is 6.54 Å². The van der Waals surface area contributed by atoms with Gasteiger partial charge in [0, 0.05) is 6.42 Å². The van der Waals surface area contributed by atoms with Crippen molar-refractivity contribution in [3.63, 3.8) is 0 Å². The van der Waals surface area contributed by atoms with Gasteiger partial charge in [-0.15, -0.1) is 0 Å². The van der Waals surface area contributed by atoms with Gasteiger partial charge in [-0.2, -0.15) is 0 Å². The molecule has 0 aromatic heterocycles. The molecule has 4 nitrogen and oxygen atoms in total. The highest BCUT2D eigenvalue weighted by molar-refractivity contribution is 7.80. The third-order valence-electron chi connectivity index (χ3n) is 2.07. The Morgan fingerprint density at radius 2 is 2.12 bits per heavy atom. The Morgan fingerprint density at radius 1 is 1.50 bits per heavy atom. The van der Waals surface area contributed by atoms with E-state index in [0.717, 1.165) is 19.4 Å². The highest BCUT2D eigenvalue weighted by Crippen LogP contribution is 1.99. The molecule has 0 rings (SSSR count). The molecule has 0 unspecified atom stereocenters. The molecule has 0 aromatic rings. The van der Waals surface area contributed by atoms with Crippen LogP contribution in [-0.2, 0) is 9.53 Å². The molecule has 0 aromatic carbocycles. The molecular weight excluding hydrogens is 224 g/mol. The van der Waals surface area contributed by atoms with Crippen molar-refractivity contribution in [3.05, 3.63) is 0 Å². The molecule has 0 aliphatic carbocycles. The number of amides is 1. The predicted molar refractivity (Wildman–Crippen MR) is 69.3 cm³/mol. The fourth-order valence-electron chi connectivity index (χ4n) is 1.28. The number of hydrogen-bond acceptors (Lipinski definition) is 4. The smallest absolute Gasteiger partial charge is 0.234 e. The second-order valence-electron chi connectivity index (χ2n) is 3.96. The maximum Gasteiger partial charge on any atom is 0.234 e. The third kappa shape index (κ3) is 7.59. The fraction of sp³-hybridized carbons (Fsp3) is 0.818. The van der Waals surface area contributed by atoms with Crippen LogP contribution < -0.4 is 11.1 Å². The average Bonchev–Trinajstić information content (AvgIpc) is 2.16. The average molecular weight is 246 g/mol. The summed E-state index contributed by atoms with van der Waals surface area (Å²) in [6.07, 6.45) is 2.43. The van der Waals surface area contributed by atoms with Gasteiger partial charge in [-0.3, -0.25) is 4.79 Å². The largest absolute Gasteiger partial charge is 0.484 e. The Kier molecular flexibility index (Phi) is 8.11. The van der Waals surface area contributed by atoms with Crippen molar-refractivity contribution in [1.29, 1.82) is 0 Å². The van der Waals surface area contributed by atoms with Crippen molar-refractivity contribution in [1.82, 2.24) is 5.32 Å². The molecule has 94 valence electrons. The van der Waals surface area contributed by atoms with E-state index in [1.165, 1.54) is 0 Å². The van der Waals surface area contributed by atoms with Gasteiger partial charge >= 0.3 is 0 Å². The Morgan fingerprint density at radius 3 is 2.56 bits per heavy atom. The van der Waals surface area contributed by atoms with Gasteiger partial charge in [0.25, 0.3) is 0 Å². The molecule has 1 atom stereocenters. The minimum Gasteiger partial charge on any atom is -0.484 e. The minimum absolute atomic E-state index is 0.134. The SMILES string of the molecule is CC[C@H](NCCCC(=S)OC(C)C)C(N)=O. The normalized spacial score (nSPS) is 12.5. The van der Waals surface area contributed by atoms with E-state index >= 15 is 0 Å². The van der Waals surface area contributed by atoms with Crippen molar-refractivity contribution < 1.29 is 9.53 Å². The lowest BCUT2D eigenvalue weighted by Crippen LogP contribution is -2.41. The molecule has 0 spiro atoms. The van der Waals surface area contributed by atoms with Gasteiger partial charge in [0.2, 0.25) is 5.91 Å². The molecule has 16 heavy (non-hydrogen) atoms. The van der Waals surface area contributed by atoms with Crippen LogP contribution in [0.15, 0.2) is 0 Å². The number of nitrogens with one attached hydrogen (secondary N) is 1.